The highest BCUT2D eigenvalue weighted by molar-refractivity contribution is 6.18. The first-order valence-electron chi connectivity index (χ1n) is 12.1. The number of benzene rings is 2. The molecule has 1 amide bonds. The van der Waals surface area contributed by atoms with Crippen molar-refractivity contribution in [1.29, 1.82) is 0 Å². The third-order valence-corrected chi connectivity index (χ3v) is 6.51. The fraction of sp³-hybridized carbons (Fsp3) is 0.286. The molecular formula is C28H29N3O6. The van der Waals surface area contributed by atoms with E-state index in [2.05, 4.69) is 4.90 Å². The Balaban J connectivity index is 1.34. The van der Waals surface area contributed by atoms with Crippen molar-refractivity contribution in [2.75, 3.05) is 47.2 Å². The third-order valence-electron chi connectivity index (χ3n) is 6.51. The molecule has 2 aliphatic heterocycles. The van der Waals surface area contributed by atoms with Gasteiger partial charge in [-0.3, -0.25) is 19.1 Å². The van der Waals surface area contributed by atoms with Crippen molar-refractivity contribution in [3.05, 3.63) is 82.3 Å². The summed E-state index contributed by atoms with van der Waals surface area (Å²) in [5, 5.41) is 0. The average molecular weight is 504 g/mol. The molecule has 0 N–H and O–H groups in total. The molecule has 0 spiro atoms. The normalized spacial score (nSPS) is 15.5. The minimum absolute atomic E-state index is 0.203. The Bertz CT molecular complexity index is 1370. The van der Waals surface area contributed by atoms with Crippen molar-refractivity contribution in [2.45, 2.75) is 6.54 Å². The summed E-state index contributed by atoms with van der Waals surface area (Å²) in [6, 6.07) is 16.2. The smallest absolute Gasteiger partial charge is 0.271 e. The average Bonchev–Trinajstić information content (AvgIpc) is 3.40. The highest BCUT2D eigenvalue weighted by Gasteiger charge is 2.25. The second-order valence-corrected chi connectivity index (χ2v) is 8.81. The van der Waals surface area contributed by atoms with Gasteiger partial charge in [-0.15, -0.1) is 0 Å². The number of methoxy groups -OCH3 is 2. The number of carbonyl (C=O) groups is 1. The van der Waals surface area contributed by atoms with Gasteiger partial charge < -0.3 is 23.8 Å². The topological polar surface area (TPSA) is 82.5 Å². The summed E-state index contributed by atoms with van der Waals surface area (Å²) in [6.07, 6.45) is 3.33. The Morgan fingerprint density at radius 3 is 2.46 bits per heavy atom. The van der Waals surface area contributed by atoms with E-state index in [0.29, 0.717) is 37.7 Å². The first-order chi connectivity index (χ1) is 18.1. The molecule has 3 heterocycles. The number of hydrogen-bond donors (Lipinski definition) is 0. The highest BCUT2D eigenvalue weighted by Crippen LogP contribution is 2.33. The predicted octanol–water partition coefficient (Wildman–Crippen LogP) is 2.94. The van der Waals surface area contributed by atoms with Crippen LogP contribution in [0.1, 0.15) is 11.1 Å². The summed E-state index contributed by atoms with van der Waals surface area (Å²) in [6.45, 7) is 3.54. The fourth-order valence-corrected chi connectivity index (χ4v) is 4.53. The molecule has 1 saturated heterocycles. The number of aromatic nitrogens is 1. The number of hydrogen-bond acceptors (Lipinski definition) is 7. The lowest BCUT2D eigenvalue weighted by atomic mass is 10.1. The van der Waals surface area contributed by atoms with Gasteiger partial charge in [0.15, 0.2) is 23.0 Å². The summed E-state index contributed by atoms with van der Waals surface area (Å²) in [4.78, 5) is 30.5. The number of rotatable bonds is 7. The van der Waals surface area contributed by atoms with Crippen molar-refractivity contribution < 1.29 is 23.7 Å². The van der Waals surface area contributed by atoms with Crippen molar-refractivity contribution in [2.24, 2.45) is 0 Å². The summed E-state index contributed by atoms with van der Waals surface area (Å²) in [5.74, 6) is 2.46. The van der Waals surface area contributed by atoms with E-state index in [1.165, 1.54) is 10.6 Å². The Morgan fingerprint density at radius 1 is 0.919 bits per heavy atom. The minimum atomic E-state index is -0.274. The van der Waals surface area contributed by atoms with Gasteiger partial charge in [0.05, 0.1) is 14.2 Å². The third kappa shape index (κ3) is 5.31. The largest absolute Gasteiger partial charge is 0.493 e. The lowest BCUT2D eigenvalue weighted by molar-refractivity contribution is -0.127. The van der Waals surface area contributed by atoms with Gasteiger partial charge in [0.25, 0.3) is 11.5 Å². The van der Waals surface area contributed by atoms with Crippen LogP contribution in [0.4, 0.5) is 0 Å². The number of nitrogens with zero attached hydrogens (tertiary/aromatic N) is 3. The van der Waals surface area contributed by atoms with Crippen LogP contribution in [-0.4, -0.2) is 67.5 Å². The zero-order valence-electron chi connectivity index (χ0n) is 20.9. The molecule has 2 aliphatic rings. The molecule has 5 rings (SSSR count). The van der Waals surface area contributed by atoms with E-state index in [-0.39, 0.29) is 24.0 Å². The molecule has 0 bridgehead atoms. The highest BCUT2D eigenvalue weighted by atomic mass is 16.7. The molecular weight excluding hydrogens is 474 g/mol. The zero-order valence-corrected chi connectivity index (χ0v) is 20.9. The van der Waals surface area contributed by atoms with E-state index < -0.39 is 0 Å². The standard InChI is InChI=1S/C28H29N3O6/c1-34-23-8-6-20(16-25(23)35-2)15-22(31-10-4-3-5-27(31)32)28(33)30-13-11-29(12-14-30)18-21-7-9-24-26(17-21)37-19-36-24/h3-10,15-17H,11-14,18-19H2,1-2H3. The van der Waals surface area contributed by atoms with Crippen molar-refractivity contribution in [3.63, 3.8) is 0 Å². The fourth-order valence-electron chi connectivity index (χ4n) is 4.53. The monoisotopic (exact) mass is 503 g/mol. The molecule has 2 aromatic carbocycles. The lowest BCUT2D eigenvalue weighted by Gasteiger charge is -2.35. The van der Waals surface area contributed by atoms with E-state index in [9.17, 15) is 9.59 Å². The number of carbonyl (C=O) groups excluding carboxylic acids is 1. The van der Waals surface area contributed by atoms with E-state index in [4.69, 9.17) is 18.9 Å². The summed E-state index contributed by atoms with van der Waals surface area (Å²) >= 11 is 0. The molecule has 9 nitrogen and oxygen atoms in total. The number of amides is 1. The molecule has 192 valence electrons. The van der Waals surface area contributed by atoms with Crippen LogP contribution in [0, 0.1) is 0 Å². The molecule has 1 fully saturated rings. The molecule has 1 aromatic heterocycles. The minimum Gasteiger partial charge on any atom is -0.493 e. The van der Waals surface area contributed by atoms with Crippen LogP contribution in [-0.2, 0) is 11.3 Å². The van der Waals surface area contributed by atoms with Crippen LogP contribution in [0.2, 0.25) is 0 Å². The van der Waals surface area contributed by atoms with Crippen LogP contribution in [0.25, 0.3) is 11.8 Å². The van der Waals surface area contributed by atoms with E-state index in [0.717, 1.165) is 29.2 Å². The SMILES string of the molecule is COc1ccc(C=C(C(=O)N2CCN(Cc3ccc4c(c3)OCO4)CC2)n2ccccc2=O)cc1OC. The number of pyridine rings is 1. The van der Waals surface area contributed by atoms with E-state index in [1.807, 2.05) is 24.3 Å². The van der Waals surface area contributed by atoms with Crippen LogP contribution in [0.5, 0.6) is 23.0 Å². The van der Waals surface area contributed by atoms with E-state index >= 15 is 0 Å². The van der Waals surface area contributed by atoms with Gasteiger partial charge in [-0.2, -0.15) is 0 Å². The van der Waals surface area contributed by atoms with Crippen molar-refractivity contribution >= 4 is 17.7 Å². The van der Waals surface area contributed by atoms with E-state index in [1.54, 1.807) is 55.7 Å². The van der Waals surface area contributed by atoms with Crippen molar-refractivity contribution in [3.8, 4) is 23.0 Å². The lowest BCUT2D eigenvalue weighted by Crippen LogP contribution is -2.49. The Kier molecular flexibility index (Phi) is 7.14. The van der Waals surface area contributed by atoms with Crippen LogP contribution in [0.15, 0.2) is 65.6 Å². The molecule has 0 aliphatic carbocycles. The number of ether oxygens (including phenoxy) is 4. The van der Waals surface area contributed by atoms with Gasteiger partial charge in [0.1, 0.15) is 5.70 Å². The molecule has 0 saturated carbocycles. The van der Waals surface area contributed by atoms with Gasteiger partial charge in [-0.1, -0.05) is 18.2 Å². The Morgan fingerprint density at radius 2 is 1.70 bits per heavy atom. The molecule has 3 aromatic rings. The molecule has 0 radical (unpaired) electrons. The van der Waals surface area contributed by atoms with Gasteiger partial charge in [-0.05, 0) is 47.5 Å². The maximum atomic E-state index is 13.7. The first-order valence-corrected chi connectivity index (χ1v) is 12.1. The van der Waals surface area contributed by atoms with Crippen LogP contribution < -0.4 is 24.5 Å². The second kappa shape index (κ2) is 10.8. The summed E-state index contributed by atoms with van der Waals surface area (Å²) < 4.78 is 23.0. The van der Waals surface area contributed by atoms with Gasteiger partial charge in [0.2, 0.25) is 6.79 Å². The Labute approximate surface area is 215 Å². The quantitative estimate of drug-likeness (QED) is 0.459. The number of fused-ring (bicyclic) bond motifs is 1. The molecule has 37 heavy (non-hydrogen) atoms. The number of piperazine rings is 1. The van der Waals surface area contributed by atoms with Crippen LogP contribution in [0.3, 0.4) is 0 Å². The molecule has 9 heteroatoms. The second-order valence-electron chi connectivity index (χ2n) is 8.81. The van der Waals surface area contributed by atoms with Gasteiger partial charge in [0, 0.05) is 45.0 Å². The zero-order chi connectivity index (χ0) is 25.8. The van der Waals surface area contributed by atoms with Gasteiger partial charge in [-0.25, -0.2) is 0 Å². The maximum absolute atomic E-state index is 13.7. The Hall–Kier alpha value is -4.24. The van der Waals surface area contributed by atoms with Gasteiger partial charge >= 0.3 is 0 Å². The van der Waals surface area contributed by atoms with Crippen LogP contribution >= 0.6 is 0 Å². The molecule has 0 atom stereocenters. The summed E-state index contributed by atoms with van der Waals surface area (Å²) in [7, 11) is 3.13. The van der Waals surface area contributed by atoms with Crippen molar-refractivity contribution in [1.82, 2.24) is 14.4 Å². The maximum Gasteiger partial charge on any atom is 0.271 e. The summed E-state index contributed by atoms with van der Waals surface area (Å²) in [5.41, 5.74) is 1.86. The first kappa shape index (κ1) is 24.5. The predicted molar refractivity (Wildman–Crippen MR) is 139 cm³/mol. The molecule has 0 unspecified atom stereocenters.